The van der Waals surface area contributed by atoms with Gasteiger partial charge in [-0.2, -0.15) is 0 Å². The summed E-state index contributed by atoms with van der Waals surface area (Å²) in [4.78, 5) is 13.3. The second kappa shape index (κ2) is 9.60. The highest BCUT2D eigenvalue weighted by atomic mass is 35.5. The number of hydrogen-bond acceptors (Lipinski definition) is 3. The van der Waals surface area contributed by atoms with Gasteiger partial charge < -0.3 is 9.88 Å². The zero-order chi connectivity index (χ0) is 24.5. The average Bonchev–Trinajstić information content (AvgIpc) is 3.11. The first-order valence-electron chi connectivity index (χ1n) is 10.8. The van der Waals surface area contributed by atoms with Gasteiger partial charge in [0, 0.05) is 29.0 Å². The fourth-order valence-electron chi connectivity index (χ4n) is 4.25. The number of sulfone groups is 1. The zero-order valence-electron chi connectivity index (χ0n) is 18.8. The molecule has 0 fully saturated rings. The highest BCUT2D eigenvalue weighted by molar-refractivity contribution is 7.91. The van der Waals surface area contributed by atoms with Crippen molar-refractivity contribution in [3.8, 4) is 0 Å². The Kier molecular flexibility index (Phi) is 6.77. The molecule has 1 heterocycles. The smallest absolute Gasteiger partial charge is 0.268 e. The van der Waals surface area contributed by atoms with Crippen molar-refractivity contribution in [2.24, 2.45) is 0 Å². The lowest BCUT2D eigenvalue weighted by atomic mass is 10.1. The van der Waals surface area contributed by atoms with E-state index in [1.54, 1.807) is 36.4 Å². The minimum Gasteiger partial charge on any atom is -0.349 e. The van der Waals surface area contributed by atoms with Crippen LogP contribution in [0.2, 0.25) is 5.02 Å². The number of aromatic nitrogens is 1. The lowest BCUT2D eigenvalue weighted by Crippen LogP contribution is -2.33. The Morgan fingerprint density at radius 2 is 1.74 bits per heavy atom. The lowest BCUT2D eigenvalue weighted by Gasteiger charge is -2.19. The van der Waals surface area contributed by atoms with Gasteiger partial charge >= 0.3 is 0 Å². The summed E-state index contributed by atoms with van der Waals surface area (Å²) in [5, 5.41) is 3.23. The normalized spacial score (nSPS) is 12.6. The van der Waals surface area contributed by atoms with Gasteiger partial charge in [0.25, 0.3) is 5.91 Å². The molecule has 1 N–H and O–H groups in total. The maximum absolute atomic E-state index is 13.5. The van der Waals surface area contributed by atoms with E-state index in [1.165, 1.54) is 12.1 Å². The Morgan fingerprint density at radius 1 is 1.06 bits per heavy atom. The number of hydrogen-bond donors (Lipinski definition) is 1. The Labute approximate surface area is 203 Å². The number of fused-ring (bicyclic) bond motifs is 1. The fourth-order valence-corrected chi connectivity index (χ4v) is 6.08. The van der Waals surface area contributed by atoms with E-state index < -0.39 is 20.9 Å². The molecular formula is C26H24ClFN2O3S. The van der Waals surface area contributed by atoms with Gasteiger partial charge in [-0.1, -0.05) is 41.9 Å². The van der Waals surface area contributed by atoms with Crippen LogP contribution in [0.4, 0.5) is 4.39 Å². The Bertz CT molecular complexity index is 1450. The Morgan fingerprint density at radius 3 is 2.38 bits per heavy atom. The molecule has 0 aliphatic heterocycles. The maximum atomic E-state index is 13.5. The van der Waals surface area contributed by atoms with Crippen LogP contribution in [0.3, 0.4) is 0 Å². The summed E-state index contributed by atoms with van der Waals surface area (Å²) in [6.07, 6.45) is 0. The maximum Gasteiger partial charge on any atom is 0.268 e. The molecule has 4 aromatic rings. The summed E-state index contributed by atoms with van der Waals surface area (Å²) >= 11 is 6.16. The van der Waals surface area contributed by atoms with Gasteiger partial charge in [-0.3, -0.25) is 4.79 Å². The largest absolute Gasteiger partial charge is 0.349 e. The fraction of sp³-hybridized carbons (Fsp3) is 0.192. The monoisotopic (exact) mass is 498 g/mol. The summed E-state index contributed by atoms with van der Waals surface area (Å²) in [5.41, 5.74) is 2.65. The molecule has 0 spiro atoms. The standard InChI is InChI=1S/C26H24ClFN2O3S/c1-3-30-23-14-9-19(27)15-22(23)17(2)25(30)26(31)29-16-24(18-7-5-4-6-8-18)34(32,33)21-12-10-20(28)11-13-21/h4-15,24H,3,16H2,1-2H3,(H,29,31). The summed E-state index contributed by atoms with van der Waals surface area (Å²) < 4.78 is 42.2. The van der Waals surface area contributed by atoms with Crippen molar-refractivity contribution in [1.29, 1.82) is 0 Å². The molecule has 1 aromatic heterocycles. The van der Waals surface area contributed by atoms with E-state index in [2.05, 4.69) is 5.32 Å². The molecule has 176 valence electrons. The van der Waals surface area contributed by atoms with Crippen LogP contribution in [0.1, 0.15) is 33.8 Å². The third-order valence-electron chi connectivity index (χ3n) is 5.95. The molecule has 5 nitrogen and oxygen atoms in total. The summed E-state index contributed by atoms with van der Waals surface area (Å²) in [7, 11) is -3.91. The van der Waals surface area contributed by atoms with Crippen molar-refractivity contribution in [3.63, 3.8) is 0 Å². The van der Waals surface area contributed by atoms with E-state index in [0.717, 1.165) is 28.6 Å². The van der Waals surface area contributed by atoms with Crippen molar-refractivity contribution in [3.05, 3.63) is 100 Å². The van der Waals surface area contributed by atoms with E-state index in [1.807, 2.05) is 30.5 Å². The molecule has 34 heavy (non-hydrogen) atoms. The molecule has 0 bridgehead atoms. The van der Waals surface area contributed by atoms with Gasteiger partial charge in [0.15, 0.2) is 9.84 Å². The van der Waals surface area contributed by atoms with Gasteiger partial charge in [-0.25, -0.2) is 12.8 Å². The third kappa shape index (κ3) is 4.45. The first kappa shape index (κ1) is 24.0. The molecule has 0 saturated heterocycles. The number of nitrogens with zero attached hydrogens (tertiary/aromatic N) is 1. The van der Waals surface area contributed by atoms with E-state index in [9.17, 15) is 17.6 Å². The van der Waals surface area contributed by atoms with Gasteiger partial charge in [0.05, 0.1) is 4.90 Å². The van der Waals surface area contributed by atoms with E-state index in [0.29, 0.717) is 22.8 Å². The van der Waals surface area contributed by atoms with Gasteiger partial charge in [-0.15, -0.1) is 0 Å². The first-order valence-corrected chi connectivity index (χ1v) is 12.8. The van der Waals surface area contributed by atoms with Crippen LogP contribution < -0.4 is 5.32 Å². The van der Waals surface area contributed by atoms with Gasteiger partial charge in [0.1, 0.15) is 16.8 Å². The minimum absolute atomic E-state index is 0.00880. The van der Waals surface area contributed by atoms with Crippen molar-refractivity contribution < 1.29 is 17.6 Å². The predicted molar refractivity (Wildman–Crippen MR) is 132 cm³/mol. The molecule has 1 unspecified atom stereocenters. The SMILES string of the molecule is CCn1c(C(=O)NCC(c2ccccc2)S(=O)(=O)c2ccc(F)cc2)c(C)c2cc(Cl)ccc21. The number of halogens is 2. The van der Waals surface area contributed by atoms with Crippen LogP contribution in [0.25, 0.3) is 10.9 Å². The minimum atomic E-state index is -3.91. The van der Waals surface area contributed by atoms with Crippen LogP contribution >= 0.6 is 11.6 Å². The molecule has 1 amide bonds. The van der Waals surface area contributed by atoms with Crippen LogP contribution in [0.5, 0.6) is 0 Å². The van der Waals surface area contributed by atoms with Crippen molar-refractivity contribution in [2.75, 3.05) is 6.54 Å². The number of benzene rings is 3. The molecule has 0 saturated carbocycles. The van der Waals surface area contributed by atoms with Crippen LogP contribution in [0, 0.1) is 12.7 Å². The second-order valence-electron chi connectivity index (χ2n) is 7.99. The van der Waals surface area contributed by atoms with E-state index in [-0.39, 0.29) is 17.3 Å². The van der Waals surface area contributed by atoms with Crippen molar-refractivity contribution in [2.45, 2.75) is 30.5 Å². The predicted octanol–water partition coefficient (Wildman–Crippen LogP) is 5.71. The average molecular weight is 499 g/mol. The van der Waals surface area contributed by atoms with Gasteiger partial charge in [0.2, 0.25) is 0 Å². The number of nitrogens with one attached hydrogen (secondary N) is 1. The molecule has 3 aromatic carbocycles. The zero-order valence-corrected chi connectivity index (χ0v) is 20.3. The van der Waals surface area contributed by atoms with Gasteiger partial charge in [-0.05, 0) is 67.4 Å². The van der Waals surface area contributed by atoms with Crippen molar-refractivity contribution in [1.82, 2.24) is 9.88 Å². The highest BCUT2D eigenvalue weighted by Crippen LogP contribution is 2.30. The Hall–Kier alpha value is -3.16. The number of carbonyl (C=O) groups excluding carboxylic acids is 1. The van der Waals surface area contributed by atoms with Crippen LogP contribution in [-0.2, 0) is 16.4 Å². The third-order valence-corrected chi connectivity index (χ3v) is 8.30. The molecule has 0 aliphatic carbocycles. The molecule has 1 atom stereocenters. The summed E-state index contributed by atoms with van der Waals surface area (Å²) in [5.74, 6) is -0.895. The van der Waals surface area contributed by atoms with Crippen LogP contribution in [-0.4, -0.2) is 25.4 Å². The quantitative estimate of drug-likeness (QED) is 0.332. The van der Waals surface area contributed by atoms with E-state index in [4.69, 9.17) is 11.6 Å². The molecule has 8 heteroatoms. The number of aryl methyl sites for hydroxylation is 2. The molecule has 0 aliphatic rings. The summed E-state index contributed by atoms with van der Waals surface area (Å²) in [6.45, 7) is 4.21. The first-order chi connectivity index (χ1) is 16.2. The molecule has 0 radical (unpaired) electrons. The van der Waals surface area contributed by atoms with Crippen molar-refractivity contribution >= 4 is 38.2 Å². The molecule has 4 rings (SSSR count). The van der Waals surface area contributed by atoms with Crippen LogP contribution in [0.15, 0.2) is 77.7 Å². The second-order valence-corrected chi connectivity index (χ2v) is 10.6. The molecular weight excluding hydrogens is 475 g/mol. The topological polar surface area (TPSA) is 68.2 Å². The lowest BCUT2D eigenvalue weighted by molar-refractivity contribution is 0.0944. The number of carbonyl (C=O) groups is 1. The summed E-state index contributed by atoms with van der Waals surface area (Å²) in [6, 6.07) is 18.9. The highest BCUT2D eigenvalue weighted by Gasteiger charge is 2.30. The number of amides is 1. The van der Waals surface area contributed by atoms with E-state index >= 15 is 0 Å². The Balaban J connectivity index is 1.70. The number of rotatable bonds is 7.